The SMILES string of the molecule is N#Cc1ccc(OC(CN)c2cccs2)cc1. The smallest absolute Gasteiger partial charge is 0.145 e. The van der Waals surface area contributed by atoms with Crippen molar-refractivity contribution in [3.8, 4) is 11.8 Å². The van der Waals surface area contributed by atoms with Gasteiger partial charge in [-0.25, -0.2) is 0 Å². The lowest BCUT2D eigenvalue weighted by Crippen LogP contribution is -2.17. The molecule has 0 aliphatic carbocycles. The molecule has 1 aromatic carbocycles. The molecule has 4 heteroatoms. The fourth-order valence-corrected chi connectivity index (χ4v) is 2.24. The number of hydrogen-bond donors (Lipinski definition) is 1. The summed E-state index contributed by atoms with van der Waals surface area (Å²) < 4.78 is 5.78. The Labute approximate surface area is 104 Å². The Morgan fingerprint density at radius 1 is 1.29 bits per heavy atom. The predicted octanol–water partition coefficient (Wildman–Crippen LogP) is 2.70. The van der Waals surface area contributed by atoms with Crippen molar-refractivity contribution < 1.29 is 4.74 Å². The minimum absolute atomic E-state index is 0.122. The van der Waals surface area contributed by atoms with E-state index in [2.05, 4.69) is 6.07 Å². The van der Waals surface area contributed by atoms with E-state index in [-0.39, 0.29) is 6.10 Å². The Morgan fingerprint density at radius 2 is 2.06 bits per heavy atom. The molecule has 2 aromatic rings. The largest absolute Gasteiger partial charge is 0.484 e. The zero-order valence-corrected chi connectivity index (χ0v) is 9.98. The van der Waals surface area contributed by atoms with Crippen LogP contribution in [-0.2, 0) is 0 Å². The Bertz CT molecular complexity index is 499. The average Bonchev–Trinajstić information content (AvgIpc) is 2.90. The average molecular weight is 244 g/mol. The van der Waals surface area contributed by atoms with Crippen molar-refractivity contribution in [2.24, 2.45) is 5.73 Å². The summed E-state index contributed by atoms with van der Waals surface area (Å²) in [7, 11) is 0. The number of benzene rings is 1. The van der Waals surface area contributed by atoms with Gasteiger partial charge in [0.2, 0.25) is 0 Å². The van der Waals surface area contributed by atoms with E-state index in [9.17, 15) is 0 Å². The molecule has 0 bridgehead atoms. The Morgan fingerprint density at radius 3 is 2.59 bits per heavy atom. The highest BCUT2D eigenvalue weighted by atomic mass is 32.1. The third kappa shape index (κ3) is 2.84. The first-order valence-electron chi connectivity index (χ1n) is 5.24. The molecule has 2 N–H and O–H groups in total. The molecule has 17 heavy (non-hydrogen) atoms. The molecule has 3 nitrogen and oxygen atoms in total. The fourth-order valence-electron chi connectivity index (χ4n) is 1.47. The standard InChI is InChI=1S/C13H12N2OS/c14-8-10-3-5-11(6-4-10)16-12(9-15)13-2-1-7-17-13/h1-7,12H,9,15H2. The Kier molecular flexibility index (Phi) is 3.76. The maximum absolute atomic E-state index is 8.70. The van der Waals surface area contributed by atoms with E-state index in [0.717, 1.165) is 10.6 Å². The summed E-state index contributed by atoms with van der Waals surface area (Å²) in [5.74, 6) is 0.729. The Balaban J connectivity index is 2.11. The van der Waals surface area contributed by atoms with Crippen LogP contribution in [0.4, 0.5) is 0 Å². The van der Waals surface area contributed by atoms with E-state index in [4.69, 9.17) is 15.7 Å². The van der Waals surface area contributed by atoms with Crippen molar-refractivity contribution in [2.75, 3.05) is 6.54 Å². The van der Waals surface area contributed by atoms with Crippen molar-refractivity contribution in [1.82, 2.24) is 0 Å². The molecule has 1 unspecified atom stereocenters. The van der Waals surface area contributed by atoms with Crippen LogP contribution in [0, 0.1) is 11.3 Å². The summed E-state index contributed by atoms with van der Waals surface area (Å²) in [6, 6.07) is 13.1. The molecule has 1 atom stereocenters. The van der Waals surface area contributed by atoms with Crippen LogP contribution in [0.5, 0.6) is 5.75 Å². The van der Waals surface area contributed by atoms with Gasteiger partial charge < -0.3 is 10.5 Å². The normalized spacial score (nSPS) is 11.8. The number of nitrogens with two attached hydrogens (primary N) is 1. The van der Waals surface area contributed by atoms with Crippen molar-refractivity contribution >= 4 is 11.3 Å². The first-order valence-corrected chi connectivity index (χ1v) is 6.11. The highest BCUT2D eigenvalue weighted by Gasteiger charge is 2.12. The molecule has 0 spiro atoms. The first-order chi connectivity index (χ1) is 8.33. The van der Waals surface area contributed by atoms with Gasteiger partial charge in [0.1, 0.15) is 11.9 Å². The molecule has 1 heterocycles. The van der Waals surface area contributed by atoms with Crippen molar-refractivity contribution in [3.05, 3.63) is 52.2 Å². The van der Waals surface area contributed by atoms with Gasteiger partial charge in [0.05, 0.1) is 11.6 Å². The van der Waals surface area contributed by atoms with Crippen LogP contribution in [0.3, 0.4) is 0 Å². The molecule has 1 aromatic heterocycles. The van der Waals surface area contributed by atoms with Crippen LogP contribution in [0.25, 0.3) is 0 Å². The number of thiophene rings is 1. The van der Waals surface area contributed by atoms with Crippen LogP contribution in [0.2, 0.25) is 0 Å². The van der Waals surface area contributed by atoms with Crippen molar-refractivity contribution in [3.63, 3.8) is 0 Å². The molecule has 0 radical (unpaired) electrons. The molecule has 0 fully saturated rings. The maximum atomic E-state index is 8.70. The predicted molar refractivity (Wildman–Crippen MR) is 67.9 cm³/mol. The molecule has 2 rings (SSSR count). The monoisotopic (exact) mass is 244 g/mol. The van der Waals surface area contributed by atoms with Gasteiger partial charge in [-0.2, -0.15) is 5.26 Å². The lowest BCUT2D eigenvalue weighted by atomic mass is 10.2. The summed E-state index contributed by atoms with van der Waals surface area (Å²) in [5, 5.41) is 10.7. The number of nitriles is 1. The van der Waals surface area contributed by atoms with Crippen LogP contribution >= 0.6 is 11.3 Å². The molecular weight excluding hydrogens is 232 g/mol. The van der Waals surface area contributed by atoms with E-state index in [1.807, 2.05) is 17.5 Å². The minimum Gasteiger partial charge on any atom is -0.484 e. The second-order valence-electron chi connectivity index (χ2n) is 3.49. The highest BCUT2D eigenvalue weighted by molar-refractivity contribution is 7.10. The lowest BCUT2D eigenvalue weighted by Gasteiger charge is -2.15. The second kappa shape index (κ2) is 5.48. The number of ether oxygens (including phenoxy) is 1. The summed E-state index contributed by atoms with van der Waals surface area (Å²) >= 11 is 1.63. The van der Waals surface area contributed by atoms with Gasteiger partial charge >= 0.3 is 0 Å². The fraction of sp³-hybridized carbons (Fsp3) is 0.154. The van der Waals surface area contributed by atoms with Crippen LogP contribution < -0.4 is 10.5 Å². The summed E-state index contributed by atoms with van der Waals surface area (Å²) in [4.78, 5) is 1.11. The van der Waals surface area contributed by atoms with Gasteiger partial charge in [0.15, 0.2) is 0 Å². The summed E-state index contributed by atoms with van der Waals surface area (Å²) in [5.41, 5.74) is 6.32. The molecule has 86 valence electrons. The minimum atomic E-state index is -0.122. The topological polar surface area (TPSA) is 59.0 Å². The summed E-state index contributed by atoms with van der Waals surface area (Å²) in [6.45, 7) is 0.431. The van der Waals surface area contributed by atoms with Gasteiger partial charge in [-0.05, 0) is 35.7 Å². The van der Waals surface area contributed by atoms with Gasteiger partial charge in [0.25, 0.3) is 0 Å². The van der Waals surface area contributed by atoms with Crippen molar-refractivity contribution in [2.45, 2.75) is 6.10 Å². The van der Waals surface area contributed by atoms with Crippen LogP contribution in [-0.4, -0.2) is 6.54 Å². The molecule has 0 aliphatic rings. The van der Waals surface area contributed by atoms with Gasteiger partial charge in [-0.3, -0.25) is 0 Å². The van der Waals surface area contributed by atoms with Crippen molar-refractivity contribution in [1.29, 1.82) is 5.26 Å². The van der Waals surface area contributed by atoms with Crippen LogP contribution in [0.1, 0.15) is 16.5 Å². The van der Waals surface area contributed by atoms with E-state index in [1.54, 1.807) is 35.6 Å². The lowest BCUT2D eigenvalue weighted by molar-refractivity contribution is 0.218. The molecular formula is C13H12N2OS. The molecule has 0 saturated carbocycles. The van der Waals surface area contributed by atoms with Crippen LogP contribution in [0.15, 0.2) is 41.8 Å². The van der Waals surface area contributed by atoms with E-state index < -0.39 is 0 Å². The number of rotatable bonds is 4. The Hall–Kier alpha value is -1.83. The zero-order chi connectivity index (χ0) is 12.1. The zero-order valence-electron chi connectivity index (χ0n) is 9.17. The number of hydrogen-bond acceptors (Lipinski definition) is 4. The van der Waals surface area contributed by atoms with E-state index >= 15 is 0 Å². The molecule has 0 saturated heterocycles. The first kappa shape index (κ1) is 11.6. The third-order valence-corrected chi connectivity index (χ3v) is 3.30. The van der Waals surface area contributed by atoms with Gasteiger partial charge in [-0.15, -0.1) is 11.3 Å². The van der Waals surface area contributed by atoms with E-state index in [1.165, 1.54) is 0 Å². The second-order valence-corrected chi connectivity index (χ2v) is 4.47. The van der Waals surface area contributed by atoms with Gasteiger partial charge in [0, 0.05) is 11.4 Å². The number of nitrogens with zero attached hydrogens (tertiary/aromatic N) is 1. The van der Waals surface area contributed by atoms with E-state index in [0.29, 0.717) is 12.1 Å². The maximum Gasteiger partial charge on any atom is 0.145 e. The summed E-state index contributed by atoms with van der Waals surface area (Å²) in [6.07, 6.45) is -0.122. The molecule has 0 aliphatic heterocycles. The quantitative estimate of drug-likeness (QED) is 0.899. The molecule has 0 amide bonds. The highest BCUT2D eigenvalue weighted by Crippen LogP contribution is 2.24. The third-order valence-electron chi connectivity index (χ3n) is 2.34. The van der Waals surface area contributed by atoms with Gasteiger partial charge in [-0.1, -0.05) is 6.07 Å².